The van der Waals surface area contributed by atoms with Crippen LogP contribution < -0.4 is 15.7 Å². The largest absolute Gasteiger partial charge is 0.379 e. The quantitative estimate of drug-likeness (QED) is 0.479. The lowest BCUT2D eigenvalue weighted by Gasteiger charge is -2.34. The SMILES string of the molecule is C[C@@H]1Cc2c(nc(Nc3ccnn3C)n(OCOC(C)(C)C)c2=O)CN1C(=O)c1ccc(Cl)c(Cl)c1. The van der Waals surface area contributed by atoms with Gasteiger partial charge in [-0.2, -0.15) is 5.10 Å². The predicted octanol–water partition coefficient (Wildman–Crippen LogP) is 3.82. The minimum Gasteiger partial charge on any atom is -0.379 e. The highest BCUT2D eigenvalue weighted by atomic mass is 35.5. The van der Waals surface area contributed by atoms with Crippen molar-refractivity contribution in [3.05, 3.63) is 67.7 Å². The summed E-state index contributed by atoms with van der Waals surface area (Å²) in [5.74, 6) is 0.522. The molecule has 0 spiro atoms. The molecule has 1 aliphatic heterocycles. The second-order valence-corrected chi connectivity index (χ2v) is 10.4. The number of hydrogen-bond donors (Lipinski definition) is 1. The molecule has 36 heavy (non-hydrogen) atoms. The highest BCUT2D eigenvalue weighted by Crippen LogP contribution is 2.27. The van der Waals surface area contributed by atoms with Gasteiger partial charge in [0.15, 0.2) is 0 Å². The van der Waals surface area contributed by atoms with Gasteiger partial charge in [0, 0.05) is 36.7 Å². The molecule has 3 aromatic rings. The van der Waals surface area contributed by atoms with E-state index in [0.29, 0.717) is 39.1 Å². The summed E-state index contributed by atoms with van der Waals surface area (Å²) in [4.78, 5) is 38.9. The number of halogens is 2. The van der Waals surface area contributed by atoms with E-state index >= 15 is 0 Å². The van der Waals surface area contributed by atoms with Crippen LogP contribution in [0, 0.1) is 0 Å². The second-order valence-electron chi connectivity index (χ2n) is 9.54. The average Bonchev–Trinajstić information content (AvgIpc) is 3.21. The highest BCUT2D eigenvalue weighted by Gasteiger charge is 2.32. The Hall–Kier alpha value is -3.08. The molecule has 1 N–H and O–H groups in total. The van der Waals surface area contributed by atoms with E-state index in [0.717, 1.165) is 4.73 Å². The summed E-state index contributed by atoms with van der Waals surface area (Å²) in [5, 5.41) is 7.90. The molecule has 0 saturated heterocycles. The smallest absolute Gasteiger partial charge is 0.291 e. The van der Waals surface area contributed by atoms with Gasteiger partial charge < -0.3 is 19.8 Å². The first-order valence-corrected chi connectivity index (χ1v) is 12.1. The van der Waals surface area contributed by atoms with Gasteiger partial charge in [-0.25, -0.2) is 4.98 Å². The lowest BCUT2D eigenvalue weighted by molar-refractivity contribution is -0.123. The molecule has 10 nitrogen and oxygen atoms in total. The number of anilines is 2. The Morgan fingerprint density at radius 1 is 1.22 bits per heavy atom. The van der Waals surface area contributed by atoms with Crippen LogP contribution in [0.25, 0.3) is 0 Å². The van der Waals surface area contributed by atoms with Crippen LogP contribution in [0.3, 0.4) is 0 Å². The summed E-state index contributed by atoms with van der Waals surface area (Å²) >= 11 is 12.1. The molecule has 0 bridgehead atoms. The van der Waals surface area contributed by atoms with Gasteiger partial charge in [0.1, 0.15) is 5.82 Å². The summed E-state index contributed by atoms with van der Waals surface area (Å²) in [5.41, 5.74) is 0.542. The minimum atomic E-state index is -0.458. The molecule has 0 fully saturated rings. The lowest BCUT2D eigenvalue weighted by Crippen LogP contribution is -2.47. The first kappa shape index (κ1) is 26.0. The Balaban J connectivity index is 1.69. The molecule has 0 unspecified atom stereocenters. The van der Waals surface area contributed by atoms with E-state index in [1.165, 1.54) is 6.07 Å². The standard InChI is InChI=1S/C24H28Cl2N6O4/c1-14-10-16-19(12-31(14)21(33)15-6-7-17(25)18(26)11-15)28-23(29-20-8-9-27-30(20)5)32(22(16)34)36-13-35-24(2,3)4/h6-9,11,14H,10,12-13H2,1-5H3,(H,28,29)/t14-/m1/s1. The van der Waals surface area contributed by atoms with Gasteiger partial charge >= 0.3 is 0 Å². The predicted molar refractivity (Wildman–Crippen MR) is 137 cm³/mol. The number of aryl methyl sites for hydroxylation is 1. The van der Waals surface area contributed by atoms with E-state index in [-0.39, 0.29) is 36.8 Å². The van der Waals surface area contributed by atoms with Gasteiger partial charge in [0.25, 0.3) is 11.5 Å². The zero-order valence-corrected chi connectivity index (χ0v) is 22.2. The zero-order valence-electron chi connectivity index (χ0n) is 20.7. The van der Waals surface area contributed by atoms with Crippen molar-refractivity contribution >= 4 is 40.9 Å². The van der Waals surface area contributed by atoms with Crippen molar-refractivity contribution in [3.8, 4) is 0 Å². The summed E-state index contributed by atoms with van der Waals surface area (Å²) in [6, 6.07) is 6.23. The van der Waals surface area contributed by atoms with Crippen LogP contribution in [-0.4, -0.2) is 48.7 Å². The highest BCUT2D eigenvalue weighted by molar-refractivity contribution is 6.42. The molecule has 0 aliphatic carbocycles. The number of fused-ring (bicyclic) bond motifs is 1. The maximum absolute atomic E-state index is 13.5. The van der Waals surface area contributed by atoms with E-state index in [4.69, 9.17) is 32.8 Å². The lowest BCUT2D eigenvalue weighted by atomic mass is 9.99. The number of hydrogen-bond acceptors (Lipinski definition) is 7. The molecule has 1 aliphatic rings. The molecule has 2 aromatic heterocycles. The van der Waals surface area contributed by atoms with Crippen LogP contribution in [0.15, 0.2) is 35.3 Å². The molecule has 4 rings (SSSR count). The number of aromatic nitrogens is 4. The molecule has 3 heterocycles. The van der Waals surface area contributed by atoms with Gasteiger partial charge in [-0.15, -0.1) is 4.73 Å². The van der Waals surface area contributed by atoms with Crippen molar-refractivity contribution in [2.24, 2.45) is 7.05 Å². The van der Waals surface area contributed by atoms with Crippen molar-refractivity contribution in [2.75, 3.05) is 12.1 Å². The number of amides is 1. The number of carbonyl (C=O) groups excluding carboxylic acids is 1. The summed E-state index contributed by atoms with van der Waals surface area (Å²) in [7, 11) is 1.76. The molecule has 0 saturated carbocycles. The van der Waals surface area contributed by atoms with Crippen molar-refractivity contribution in [2.45, 2.75) is 52.3 Å². The molecule has 1 amide bonds. The van der Waals surface area contributed by atoms with Crippen molar-refractivity contribution in [3.63, 3.8) is 0 Å². The Bertz CT molecular complexity index is 1350. The average molecular weight is 535 g/mol. The monoisotopic (exact) mass is 534 g/mol. The van der Waals surface area contributed by atoms with E-state index in [2.05, 4.69) is 15.4 Å². The second kappa shape index (κ2) is 10.1. The molecule has 192 valence electrons. The third-order valence-electron chi connectivity index (χ3n) is 5.74. The van der Waals surface area contributed by atoms with Crippen molar-refractivity contribution in [1.82, 2.24) is 24.4 Å². The number of ether oxygens (including phenoxy) is 1. The van der Waals surface area contributed by atoms with E-state index in [1.54, 1.807) is 41.0 Å². The zero-order chi connectivity index (χ0) is 26.2. The Kier molecular flexibility index (Phi) is 7.31. The third kappa shape index (κ3) is 5.50. The molecule has 12 heteroatoms. The van der Waals surface area contributed by atoms with Gasteiger partial charge in [-0.1, -0.05) is 23.2 Å². The number of rotatable bonds is 6. The van der Waals surface area contributed by atoms with Gasteiger partial charge in [-0.3, -0.25) is 14.3 Å². The topological polar surface area (TPSA) is 104 Å². The maximum Gasteiger partial charge on any atom is 0.291 e. The fraction of sp³-hybridized carbons (Fsp3) is 0.417. The Morgan fingerprint density at radius 3 is 2.61 bits per heavy atom. The van der Waals surface area contributed by atoms with Crippen molar-refractivity contribution < 1.29 is 14.4 Å². The first-order chi connectivity index (χ1) is 16.9. The van der Waals surface area contributed by atoms with E-state index in [1.807, 2.05) is 27.7 Å². The van der Waals surface area contributed by atoms with Gasteiger partial charge in [0.05, 0.1) is 34.1 Å². The molecule has 1 atom stereocenters. The summed E-state index contributed by atoms with van der Waals surface area (Å²) < 4.78 is 8.35. The van der Waals surface area contributed by atoms with E-state index < -0.39 is 5.60 Å². The van der Waals surface area contributed by atoms with Crippen LogP contribution in [-0.2, 0) is 24.8 Å². The molecular formula is C24H28Cl2N6O4. The normalized spacial score (nSPS) is 15.5. The minimum absolute atomic E-state index is 0.143. The maximum atomic E-state index is 13.5. The van der Waals surface area contributed by atoms with Crippen molar-refractivity contribution in [1.29, 1.82) is 0 Å². The fourth-order valence-corrected chi connectivity index (χ4v) is 4.07. The Labute approximate surface area is 218 Å². The number of benzene rings is 1. The molecular weight excluding hydrogens is 507 g/mol. The van der Waals surface area contributed by atoms with Crippen LogP contribution in [0.2, 0.25) is 10.0 Å². The summed E-state index contributed by atoms with van der Waals surface area (Å²) in [6.45, 7) is 7.54. The number of nitrogens with zero attached hydrogens (tertiary/aromatic N) is 5. The Morgan fingerprint density at radius 2 is 1.97 bits per heavy atom. The first-order valence-electron chi connectivity index (χ1n) is 11.4. The van der Waals surface area contributed by atoms with Crippen LogP contribution in [0.1, 0.15) is 49.3 Å². The van der Waals surface area contributed by atoms with Crippen LogP contribution >= 0.6 is 23.2 Å². The summed E-state index contributed by atoms with van der Waals surface area (Å²) in [6.07, 6.45) is 1.93. The van der Waals surface area contributed by atoms with Crippen LogP contribution in [0.4, 0.5) is 11.8 Å². The van der Waals surface area contributed by atoms with Crippen LogP contribution in [0.5, 0.6) is 0 Å². The van der Waals surface area contributed by atoms with E-state index in [9.17, 15) is 9.59 Å². The molecule has 1 aromatic carbocycles. The number of nitrogens with one attached hydrogen (secondary N) is 1. The van der Waals surface area contributed by atoms with Gasteiger partial charge in [-0.05, 0) is 45.9 Å². The fourth-order valence-electron chi connectivity index (χ4n) is 3.77. The molecule has 0 radical (unpaired) electrons. The number of carbonyl (C=O) groups is 1. The van der Waals surface area contributed by atoms with Gasteiger partial charge in [0.2, 0.25) is 12.7 Å². The third-order valence-corrected chi connectivity index (χ3v) is 6.48.